The van der Waals surface area contributed by atoms with Gasteiger partial charge in [0, 0.05) is 52.3 Å². The van der Waals surface area contributed by atoms with Gasteiger partial charge in [0.1, 0.15) is 0 Å². The summed E-state index contributed by atoms with van der Waals surface area (Å²) in [7, 11) is 0. The summed E-state index contributed by atoms with van der Waals surface area (Å²) in [4.78, 5) is 18.9. The van der Waals surface area contributed by atoms with Crippen LogP contribution in [0.5, 0.6) is 0 Å². The van der Waals surface area contributed by atoms with E-state index in [4.69, 9.17) is 0 Å². The Balaban J connectivity index is 1.37. The summed E-state index contributed by atoms with van der Waals surface area (Å²) in [5.74, 6) is 0.218. The molecule has 0 amide bonds. The number of aromatic amines is 1. The maximum absolute atomic E-state index is 13.2. The fraction of sp³-hybridized carbons (Fsp3) is 0.320. The number of hydrogen-bond donors (Lipinski definition) is 1. The number of nitrogens with zero attached hydrogens (tertiary/aromatic N) is 2. The molecular formula is C25H25N3O. The van der Waals surface area contributed by atoms with Gasteiger partial charge in [0.2, 0.25) is 0 Å². The fourth-order valence-corrected chi connectivity index (χ4v) is 5.55. The number of ketones is 1. The van der Waals surface area contributed by atoms with Crippen LogP contribution >= 0.6 is 0 Å². The molecule has 1 aliphatic carbocycles. The maximum Gasteiger partial charge on any atom is 0.178 e. The highest BCUT2D eigenvalue weighted by molar-refractivity contribution is 6.08. The molecule has 1 aliphatic heterocycles. The van der Waals surface area contributed by atoms with Crippen molar-refractivity contribution >= 4 is 27.6 Å². The van der Waals surface area contributed by atoms with E-state index >= 15 is 0 Å². The van der Waals surface area contributed by atoms with Crippen molar-refractivity contribution in [3.8, 4) is 0 Å². The molecule has 4 aromatic rings. The molecule has 0 saturated carbocycles. The molecular weight excluding hydrogens is 358 g/mol. The van der Waals surface area contributed by atoms with E-state index in [0.717, 1.165) is 42.4 Å². The molecule has 146 valence electrons. The highest BCUT2D eigenvalue weighted by Gasteiger charge is 2.35. The predicted octanol–water partition coefficient (Wildman–Crippen LogP) is 5.01. The zero-order valence-corrected chi connectivity index (χ0v) is 16.7. The molecule has 4 nitrogen and oxygen atoms in total. The van der Waals surface area contributed by atoms with E-state index in [-0.39, 0.29) is 5.78 Å². The lowest BCUT2D eigenvalue weighted by Crippen LogP contribution is -2.42. The smallest absolute Gasteiger partial charge is 0.178 e. The van der Waals surface area contributed by atoms with Gasteiger partial charge in [0.15, 0.2) is 5.78 Å². The Labute approximate surface area is 170 Å². The quantitative estimate of drug-likeness (QED) is 0.506. The third kappa shape index (κ3) is 2.52. The van der Waals surface area contributed by atoms with E-state index in [1.807, 2.05) is 30.5 Å². The number of carbonyl (C=O) groups is 1. The van der Waals surface area contributed by atoms with Gasteiger partial charge in [-0.2, -0.15) is 0 Å². The monoisotopic (exact) mass is 383 g/mol. The first-order valence-corrected chi connectivity index (χ1v) is 10.7. The van der Waals surface area contributed by atoms with Crippen LogP contribution < -0.4 is 0 Å². The number of fused-ring (bicyclic) bond motifs is 4. The van der Waals surface area contributed by atoms with Crippen LogP contribution in [0, 0.1) is 6.92 Å². The van der Waals surface area contributed by atoms with E-state index < -0.39 is 0 Å². The van der Waals surface area contributed by atoms with Gasteiger partial charge in [-0.1, -0.05) is 29.8 Å². The first-order chi connectivity index (χ1) is 14.2. The highest BCUT2D eigenvalue weighted by atomic mass is 16.1. The molecule has 1 atom stereocenters. The SMILES string of the molecule is Cc1ccc2c(c1)c1c3n2CCN(CC(=O)c2c[nH]c4ccccc24)C3CCC1. The van der Waals surface area contributed by atoms with Crippen LogP contribution in [-0.2, 0) is 13.0 Å². The van der Waals surface area contributed by atoms with Gasteiger partial charge in [-0.25, -0.2) is 0 Å². The third-order valence-electron chi connectivity index (χ3n) is 6.88. The molecule has 1 unspecified atom stereocenters. The summed E-state index contributed by atoms with van der Waals surface area (Å²) in [5, 5.41) is 2.46. The molecule has 0 spiro atoms. The number of rotatable bonds is 3. The molecule has 6 rings (SSSR count). The minimum absolute atomic E-state index is 0.218. The first-order valence-electron chi connectivity index (χ1n) is 10.7. The Kier molecular flexibility index (Phi) is 3.72. The number of H-pyrrole nitrogens is 1. The van der Waals surface area contributed by atoms with E-state index in [1.54, 1.807) is 0 Å². The topological polar surface area (TPSA) is 41.0 Å². The van der Waals surface area contributed by atoms with Crippen LogP contribution in [0.25, 0.3) is 21.8 Å². The van der Waals surface area contributed by atoms with E-state index in [9.17, 15) is 4.79 Å². The first kappa shape index (κ1) is 17.0. The van der Waals surface area contributed by atoms with Crippen molar-refractivity contribution in [3.63, 3.8) is 0 Å². The van der Waals surface area contributed by atoms with Gasteiger partial charge in [-0.15, -0.1) is 0 Å². The van der Waals surface area contributed by atoms with Gasteiger partial charge in [0.25, 0.3) is 0 Å². The molecule has 0 bridgehead atoms. The number of para-hydroxylation sites is 1. The van der Waals surface area contributed by atoms with E-state index in [2.05, 4.69) is 39.6 Å². The number of hydrogen-bond acceptors (Lipinski definition) is 2. The second-order valence-corrected chi connectivity index (χ2v) is 8.59. The lowest BCUT2D eigenvalue weighted by atomic mass is 9.89. The zero-order valence-electron chi connectivity index (χ0n) is 16.7. The second kappa shape index (κ2) is 6.33. The summed E-state index contributed by atoms with van der Waals surface area (Å²) < 4.78 is 2.53. The Morgan fingerprint density at radius 1 is 1.14 bits per heavy atom. The van der Waals surface area contributed by atoms with Crippen LogP contribution in [0.1, 0.15) is 46.1 Å². The normalized spacial score (nSPS) is 19.0. The van der Waals surface area contributed by atoms with Crippen LogP contribution in [0.3, 0.4) is 0 Å². The van der Waals surface area contributed by atoms with Gasteiger partial charge < -0.3 is 9.55 Å². The van der Waals surface area contributed by atoms with E-state index in [0.29, 0.717) is 12.6 Å². The van der Waals surface area contributed by atoms with Gasteiger partial charge in [-0.3, -0.25) is 9.69 Å². The largest absolute Gasteiger partial charge is 0.360 e. The van der Waals surface area contributed by atoms with Gasteiger partial charge in [-0.05, 0) is 49.9 Å². The predicted molar refractivity (Wildman–Crippen MR) is 117 cm³/mol. The number of aryl methyl sites for hydroxylation is 2. The molecule has 0 radical (unpaired) electrons. The summed E-state index contributed by atoms with van der Waals surface area (Å²) >= 11 is 0. The number of carbonyl (C=O) groups excluding carboxylic acids is 1. The Bertz CT molecular complexity index is 1260. The molecule has 2 aromatic heterocycles. The summed E-state index contributed by atoms with van der Waals surface area (Å²) in [6.07, 6.45) is 5.37. The summed E-state index contributed by atoms with van der Waals surface area (Å²) in [5.41, 5.74) is 7.53. The molecule has 0 saturated heterocycles. The molecule has 29 heavy (non-hydrogen) atoms. The number of benzene rings is 2. The number of nitrogens with one attached hydrogen (secondary N) is 1. The second-order valence-electron chi connectivity index (χ2n) is 8.59. The molecule has 3 heterocycles. The Morgan fingerprint density at radius 2 is 2.03 bits per heavy atom. The lowest BCUT2D eigenvalue weighted by Gasteiger charge is -2.39. The van der Waals surface area contributed by atoms with Crippen LogP contribution in [-0.4, -0.2) is 33.3 Å². The number of aromatic nitrogens is 2. The van der Waals surface area contributed by atoms with Crippen LogP contribution in [0.2, 0.25) is 0 Å². The Hall–Kier alpha value is -2.85. The zero-order chi connectivity index (χ0) is 19.5. The van der Waals surface area contributed by atoms with Crippen molar-refractivity contribution in [2.24, 2.45) is 0 Å². The van der Waals surface area contributed by atoms with Crippen molar-refractivity contribution in [2.45, 2.75) is 38.8 Å². The van der Waals surface area contributed by atoms with E-state index in [1.165, 1.54) is 34.1 Å². The van der Waals surface area contributed by atoms with Crippen molar-refractivity contribution in [2.75, 3.05) is 13.1 Å². The lowest BCUT2D eigenvalue weighted by molar-refractivity contribution is 0.0835. The molecule has 4 heteroatoms. The minimum atomic E-state index is 0.218. The molecule has 0 fully saturated rings. The third-order valence-corrected chi connectivity index (χ3v) is 6.88. The fourth-order valence-electron chi connectivity index (χ4n) is 5.55. The van der Waals surface area contributed by atoms with Crippen molar-refractivity contribution < 1.29 is 4.79 Å². The highest BCUT2D eigenvalue weighted by Crippen LogP contribution is 2.42. The molecule has 2 aliphatic rings. The molecule has 2 aromatic carbocycles. The maximum atomic E-state index is 13.2. The summed E-state index contributed by atoms with van der Waals surface area (Å²) in [6.45, 7) is 4.57. The van der Waals surface area contributed by atoms with Gasteiger partial charge >= 0.3 is 0 Å². The van der Waals surface area contributed by atoms with Crippen molar-refractivity contribution in [1.82, 2.24) is 14.5 Å². The summed E-state index contributed by atoms with van der Waals surface area (Å²) in [6, 6.07) is 15.3. The van der Waals surface area contributed by atoms with Crippen LogP contribution in [0.15, 0.2) is 48.7 Å². The number of Topliss-reactive ketones (excluding diaryl/α,β-unsaturated/α-hetero) is 1. The van der Waals surface area contributed by atoms with Gasteiger partial charge in [0.05, 0.1) is 12.6 Å². The van der Waals surface area contributed by atoms with Crippen molar-refractivity contribution in [3.05, 3.63) is 71.0 Å². The van der Waals surface area contributed by atoms with Crippen molar-refractivity contribution in [1.29, 1.82) is 0 Å². The standard InChI is InChI=1S/C25H25N3O/c1-16-9-10-22-19(13-16)18-6-4-8-23-25(18)28(22)12-11-27(23)15-24(29)20-14-26-21-7-3-2-5-17(20)21/h2-3,5,7,9-10,13-14,23,26H,4,6,8,11-12,15H2,1H3. The molecule has 1 N–H and O–H groups in total. The Morgan fingerprint density at radius 3 is 2.97 bits per heavy atom. The average Bonchev–Trinajstić information content (AvgIpc) is 3.31. The minimum Gasteiger partial charge on any atom is -0.360 e. The average molecular weight is 383 g/mol. The van der Waals surface area contributed by atoms with Crippen LogP contribution in [0.4, 0.5) is 0 Å².